The van der Waals surface area contributed by atoms with Crippen LogP contribution in [0.5, 0.6) is 0 Å². The Labute approximate surface area is 192 Å². The molecule has 5 heteroatoms. The van der Waals surface area contributed by atoms with Gasteiger partial charge >= 0.3 is 0 Å². The molecular weight excluding hydrogens is 404 g/mol. The van der Waals surface area contributed by atoms with E-state index in [-0.39, 0.29) is 46.1 Å². The molecule has 0 amide bonds. The average molecular weight is 447 g/mol. The van der Waals surface area contributed by atoms with Crippen molar-refractivity contribution < 1.29 is 24.9 Å². The molecule has 3 saturated carbocycles. The zero-order chi connectivity index (χ0) is 23.6. The Kier molecular flexibility index (Phi) is 6.04. The summed E-state index contributed by atoms with van der Waals surface area (Å²) in [5.74, 6) is 1.19. The van der Waals surface area contributed by atoms with E-state index in [9.17, 15) is 24.9 Å². The summed E-state index contributed by atoms with van der Waals surface area (Å²) in [4.78, 5) is 24.3. The molecule has 0 aromatic rings. The van der Waals surface area contributed by atoms with Crippen molar-refractivity contribution in [3.63, 3.8) is 0 Å². The molecule has 4 aliphatic rings. The maximum atomic E-state index is 12.3. The molecule has 9 atom stereocenters. The van der Waals surface area contributed by atoms with Gasteiger partial charge in [0.15, 0.2) is 11.6 Å². The van der Waals surface area contributed by atoms with E-state index in [4.69, 9.17) is 0 Å². The molecule has 5 nitrogen and oxygen atoms in total. The smallest absolute Gasteiger partial charge is 0.163 e. The van der Waals surface area contributed by atoms with Gasteiger partial charge in [-0.1, -0.05) is 26.3 Å². The average Bonchev–Trinajstić information content (AvgIpc) is 3.06. The van der Waals surface area contributed by atoms with Crippen molar-refractivity contribution >= 4 is 11.6 Å². The molecule has 0 radical (unpaired) electrons. The minimum absolute atomic E-state index is 0.108. The molecule has 180 valence electrons. The zero-order valence-corrected chi connectivity index (χ0v) is 20.4. The number of aliphatic hydroxyl groups is 3. The quantitative estimate of drug-likeness (QED) is 0.597. The Bertz CT molecular complexity index is 809. The van der Waals surface area contributed by atoms with E-state index < -0.39 is 17.8 Å². The van der Waals surface area contributed by atoms with Crippen molar-refractivity contribution in [2.45, 2.75) is 104 Å². The van der Waals surface area contributed by atoms with Gasteiger partial charge in [0, 0.05) is 12.8 Å². The summed E-state index contributed by atoms with van der Waals surface area (Å²) in [5, 5.41) is 32.8. The number of Topliss-reactive ketones (excluding diaryl/α,β-unsaturated/α-hetero) is 1. The highest BCUT2D eigenvalue weighted by Crippen LogP contribution is 2.67. The van der Waals surface area contributed by atoms with Crippen molar-refractivity contribution in [1.82, 2.24) is 0 Å². The molecule has 0 aromatic carbocycles. The minimum Gasteiger partial charge on any atom is -0.393 e. The summed E-state index contributed by atoms with van der Waals surface area (Å²) in [7, 11) is 0. The van der Waals surface area contributed by atoms with Crippen LogP contribution in [0.2, 0.25) is 0 Å². The van der Waals surface area contributed by atoms with Gasteiger partial charge in [-0.2, -0.15) is 0 Å². The van der Waals surface area contributed by atoms with E-state index in [0.29, 0.717) is 38.0 Å². The fraction of sp³-hybridized carbons (Fsp3) is 0.852. The molecule has 3 fully saturated rings. The first kappa shape index (κ1) is 24.1. The normalized spacial score (nSPS) is 44.9. The van der Waals surface area contributed by atoms with Crippen molar-refractivity contribution in [1.29, 1.82) is 0 Å². The second-order valence-corrected chi connectivity index (χ2v) is 12.4. The van der Waals surface area contributed by atoms with Crippen molar-refractivity contribution in [2.75, 3.05) is 0 Å². The maximum absolute atomic E-state index is 12.3. The van der Waals surface area contributed by atoms with E-state index in [1.807, 2.05) is 0 Å². The summed E-state index contributed by atoms with van der Waals surface area (Å²) in [5.41, 5.74) is -0.593. The number of hydrogen-bond acceptors (Lipinski definition) is 5. The van der Waals surface area contributed by atoms with Crippen LogP contribution >= 0.6 is 0 Å². The second-order valence-electron chi connectivity index (χ2n) is 12.4. The lowest BCUT2D eigenvalue weighted by Gasteiger charge is -2.61. The van der Waals surface area contributed by atoms with Gasteiger partial charge in [0.1, 0.15) is 5.60 Å². The molecule has 3 N–H and O–H groups in total. The van der Waals surface area contributed by atoms with Gasteiger partial charge in [0.25, 0.3) is 0 Å². The van der Waals surface area contributed by atoms with Crippen LogP contribution in [0.1, 0.15) is 86.0 Å². The molecule has 32 heavy (non-hydrogen) atoms. The molecule has 4 rings (SSSR count). The Balaban J connectivity index is 1.57. The summed E-state index contributed by atoms with van der Waals surface area (Å²) in [6, 6.07) is 0. The molecule has 0 unspecified atom stereocenters. The number of ketones is 2. The molecule has 0 saturated heterocycles. The first-order valence-corrected chi connectivity index (χ1v) is 12.7. The van der Waals surface area contributed by atoms with E-state index in [1.165, 1.54) is 0 Å². The summed E-state index contributed by atoms with van der Waals surface area (Å²) >= 11 is 0. The zero-order valence-electron chi connectivity index (χ0n) is 20.4. The van der Waals surface area contributed by atoms with Crippen LogP contribution in [-0.4, -0.2) is 44.7 Å². The molecule has 4 aliphatic carbocycles. The number of carbonyl (C=O) groups excluding carboxylic acids is 2. The molecule has 0 aromatic heterocycles. The van der Waals surface area contributed by atoms with Gasteiger partial charge in [-0.3, -0.25) is 9.59 Å². The lowest BCUT2D eigenvalue weighted by atomic mass is 9.45. The summed E-state index contributed by atoms with van der Waals surface area (Å²) in [6.45, 7) is 9.74. The van der Waals surface area contributed by atoms with Crippen LogP contribution in [0.3, 0.4) is 0 Å². The first-order valence-electron chi connectivity index (χ1n) is 12.7. The highest BCUT2D eigenvalue weighted by Gasteiger charge is 2.64. The number of rotatable bonds is 5. The predicted molar refractivity (Wildman–Crippen MR) is 123 cm³/mol. The molecule has 0 heterocycles. The van der Waals surface area contributed by atoms with Gasteiger partial charge in [-0.05, 0) is 98.9 Å². The van der Waals surface area contributed by atoms with Gasteiger partial charge in [0.05, 0.1) is 12.2 Å². The van der Waals surface area contributed by atoms with Crippen molar-refractivity contribution in [3.05, 3.63) is 11.6 Å². The Morgan fingerprint density at radius 1 is 1.22 bits per heavy atom. The third-order valence-electron chi connectivity index (χ3n) is 10.4. The third kappa shape index (κ3) is 3.63. The Hall–Kier alpha value is -1.04. The monoisotopic (exact) mass is 446 g/mol. The van der Waals surface area contributed by atoms with Gasteiger partial charge in [0.2, 0.25) is 0 Å². The van der Waals surface area contributed by atoms with E-state index in [2.05, 4.69) is 20.8 Å². The van der Waals surface area contributed by atoms with Crippen molar-refractivity contribution in [3.8, 4) is 0 Å². The van der Waals surface area contributed by atoms with Gasteiger partial charge in [-0.15, -0.1) is 0 Å². The Morgan fingerprint density at radius 3 is 2.56 bits per heavy atom. The summed E-state index contributed by atoms with van der Waals surface area (Å²) < 4.78 is 0. The topological polar surface area (TPSA) is 94.8 Å². The van der Waals surface area contributed by atoms with Crippen LogP contribution in [-0.2, 0) is 9.59 Å². The largest absolute Gasteiger partial charge is 0.393 e. The van der Waals surface area contributed by atoms with E-state index in [1.54, 1.807) is 19.9 Å². The fourth-order valence-electron chi connectivity index (χ4n) is 8.33. The van der Waals surface area contributed by atoms with Crippen LogP contribution in [0.15, 0.2) is 11.6 Å². The number of carbonyl (C=O) groups is 2. The minimum atomic E-state index is -1.30. The number of fused-ring (bicyclic) bond motifs is 5. The van der Waals surface area contributed by atoms with Crippen molar-refractivity contribution in [2.24, 2.45) is 40.4 Å². The third-order valence-corrected chi connectivity index (χ3v) is 10.4. The van der Waals surface area contributed by atoms with E-state index >= 15 is 0 Å². The molecule has 0 aliphatic heterocycles. The predicted octanol–water partition coefficient (Wildman–Crippen LogP) is 3.83. The van der Waals surface area contributed by atoms with Crippen LogP contribution < -0.4 is 0 Å². The van der Waals surface area contributed by atoms with E-state index in [0.717, 1.165) is 24.8 Å². The van der Waals surface area contributed by atoms with Crippen LogP contribution in [0, 0.1) is 40.4 Å². The number of hydrogen-bond donors (Lipinski definition) is 3. The standard InChI is InChI=1S/C27H42O5/c1-15(6-9-22(30)25(2,3)32)18-7-8-19-24-20(14-23(31)27(18,19)5)26(4)11-10-17(28)12-16(26)13-21(24)29/h12,15,18-21,23-24,29,31-32H,6-11,13-14H2,1-5H3/t15-,18-,19+,20+,21-,23+,24+,26+,27-/m1/s1. The molecule has 0 bridgehead atoms. The maximum Gasteiger partial charge on any atom is 0.163 e. The van der Waals surface area contributed by atoms with Crippen LogP contribution in [0.25, 0.3) is 0 Å². The van der Waals surface area contributed by atoms with Crippen LogP contribution in [0.4, 0.5) is 0 Å². The molecular formula is C27H42O5. The SMILES string of the molecule is C[C@H](CCC(=O)C(C)(C)O)[C@H]1CC[C@H]2[C@@H]3[C@H](O)CC4=CC(=O)CC[C@]4(C)[C@H]3C[C@H](O)[C@]12C. The first-order chi connectivity index (χ1) is 14.8. The lowest BCUT2D eigenvalue weighted by molar-refractivity contribution is -0.168. The van der Waals surface area contributed by atoms with Gasteiger partial charge < -0.3 is 15.3 Å². The van der Waals surface area contributed by atoms with Gasteiger partial charge in [-0.25, -0.2) is 0 Å². The highest BCUT2D eigenvalue weighted by molar-refractivity contribution is 5.91. The summed E-state index contributed by atoms with van der Waals surface area (Å²) in [6.07, 6.45) is 6.56. The lowest BCUT2D eigenvalue weighted by Crippen LogP contribution is -2.60. The molecule has 0 spiro atoms. The number of aliphatic hydroxyl groups excluding tert-OH is 2. The fourth-order valence-corrected chi connectivity index (χ4v) is 8.33. The second kappa shape index (κ2) is 8.02. The Morgan fingerprint density at radius 2 is 1.91 bits per heavy atom. The highest BCUT2D eigenvalue weighted by atomic mass is 16.3.